The third-order valence-electron chi connectivity index (χ3n) is 3.61. The van der Waals surface area contributed by atoms with Gasteiger partial charge in [0.2, 0.25) is 15.9 Å². The van der Waals surface area contributed by atoms with Crippen molar-refractivity contribution in [3.63, 3.8) is 0 Å². The van der Waals surface area contributed by atoms with Gasteiger partial charge < -0.3 is 14.6 Å². The molecule has 0 aliphatic heterocycles. The number of hydrogen-bond donors (Lipinski definition) is 2. The van der Waals surface area contributed by atoms with Gasteiger partial charge in [0.05, 0.1) is 29.4 Å². The van der Waals surface area contributed by atoms with Gasteiger partial charge >= 0.3 is 0 Å². The Bertz CT molecular complexity index is 840. The van der Waals surface area contributed by atoms with Gasteiger partial charge in [-0.3, -0.25) is 4.79 Å². The zero-order valence-electron chi connectivity index (χ0n) is 14.5. The molecule has 2 N–H and O–H groups in total. The Labute approximate surface area is 157 Å². The van der Waals surface area contributed by atoms with E-state index in [4.69, 9.17) is 16.3 Å². The molecule has 1 heterocycles. The van der Waals surface area contributed by atoms with E-state index in [0.29, 0.717) is 25.3 Å². The predicted octanol–water partition coefficient (Wildman–Crippen LogP) is 1.42. The molecule has 8 nitrogen and oxygen atoms in total. The van der Waals surface area contributed by atoms with Gasteiger partial charge in [-0.25, -0.2) is 13.4 Å². The second kappa shape index (κ2) is 9.02. The maximum Gasteiger partial charge on any atom is 0.241 e. The lowest BCUT2D eigenvalue weighted by Crippen LogP contribution is -2.45. The normalized spacial score (nSPS) is 12.6. The molecular weight excluding hydrogens is 380 g/mol. The van der Waals surface area contributed by atoms with Crippen LogP contribution in [0.3, 0.4) is 0 Å². The number of carbonyl (C=O) groups is 1. The van der Waals surface area contributed by atoms with Crippen LogP contribution in [-0.4, -0.2) is 43.6 Å². The van der Waals surface area contributed by atoms with Gasteiger partial charge in [-0.1, -0.05) is 11.6 Å². The molecule has 142 valence electrons. The number of methoxy groups -OCH3 is 1. The SMILES string of the molecule is COc1ccc(S(=O)(=O)N[C@H](C)C(=O)NCCCn2ccnc2)cc1Cl. The smallest absolute Gasteiger partial charge is 0.241 e. The Hall–Kier alpha value is -2.10. The zero-order valence-corrected chi connectivity index (χ0v) is 16.0. The number of nitrogens with zero attached hydrogens (tertiary/aromatic N) is 2. The van der Waals surface area contributed by atoms with Gasteiger partial charge in [0.15, 0.2) is 0 Å². The monoisotopic (exact) mass is 400 g/mol. The molecule has 0 saturated carbocycles. The van der Waals surface area contributed by atoms with E-state index in [2.05, 4.69) is 15.0 Å². The van der Waals surface area contributed by atoms with E-state index < -0.39 is 22.0 Å². The van der Waals surface area contributed by atoms with Crippen LogP contribution < -0.4 is 14.8 Å². The second-order valence-electron chi connectivity index (χ2n) is 5.58. The number of carbonyl (C=O) groups excluding carboxylic acids is 1. The molecule has 0 spiro atoms. The largest absolute Gasteiger partial charge is 0.495 e. The molecule has 0 saturated heterocycles. The molecular formula is C16H21ClN4O4S. The summed E-state index contributed by atoms with van der Waals surface area (Å²) in [5, 5.41) is 2.88. The van der Waals surface area contributed by atoms with Crippen LogP contribution in [-0.2, 0) is 21.4 Å². The first-order valence-electron chi connectivity index (χ1n) is 7.93. The van der Waals surface area contributed by atoms with Crippen LogP contribution >= 0.6 is 11.6 Å². The van der Waals surface area contributed by atoms with Crippen molar-refractivity contribution in [2.45, 2.75) is 30.8 Å². The van der Waals surface area contributed by atoms with Gasteiger partial charge in [0, 0.05) is 25.5 Å². The van der Waals surface area contributed by atoms with Crippen molar-refractivity contribution in [3.05, 3.63) is 41.9 Å². The van der Waals surface area contributed by atoms with E-state index >= 15 is 0 Å². The molecule has 0 radical (unpaired) electrons. The highest BCUT2D eigenvalue weighted by Crippen LogP contribution is 2.26. The Morgan fingerprint density at radius 1 is 1.42 bits per heavy atom. The Balaban J connectivity index is 1.87. The maximum atomic E-state index is 12.4. The molecule has 1 aromatic carbocycles. The van der Waals surface area contributed by atoms with E-state index in [1.807, 2.05) is 10.8 Å². The quantitative estimate of drug-likeness (QED) is 0.620. The molecule has 2 rings (SSSR count). The molecule has 26 heavy (non-hydrogen) atoms. The molecule has 10 heteroatoms. The van der Waals surface area contributed by atoms with Gasteiger partial charge in [-0.2, -0.15) is 4.72 Å². The average molecular weight is 401 g/mol. The van der Waals surface area contributed by atoms with Crippen molar-refractivity contribution in [1.29, 1.82) is 0 Å². The molecule has 0 fully saturated rings. The van der Waals surface area contributed by atoms with Crippen molar-refractivity contribution in [2.24, 2.45) is 0 Å². The molecule has 1 amide bonds. The fourth-order valence-electron chi connectivity index (χ4n) is 2.21. The predicted molar refractivity (Wildman–Crippen MR) is 97.6 cm³/mol. The van der Waals surface area contributed by atoms with E-state index in [0.717, 1.165) is 0 Å². The third kappa shape index (κ3) is 5.45. The maximum absolute atomic E-state index is 12.4. The van der Waals surface area contributed by atoms with E-state index in [1.165, 1.54) is 32.2 Å². The number of benzene rings is 1. The standard InChI is InChI=1S/C16H21ClN4O4S/c1-12(16(22)19-6-3-8-21-9-7-18-11-21)20-26(23,24)13-4-5-15(25-2)14(17)10-13/h4-5,7,9-12,20H,3,6,8H2,1-2H3,(H,19,22)/t12-/m1/s1. The summed E-state index contributed by atoms with van der Waals surface area (Å²) >= 11 is 5.96. The number of aromatic nitrogens is 2. The number of aryl methyl sites for hydroxylation is 1. The summed E-state index contributed by atoms with van der Waals surface area (Å²) in [6, 6.07) is 3.17. The number of halogens is 1. The summed E-state index contributed by atoms with van der Waals surface area (Å²) in [6.07, 6.45) is 5.91. The minimum atomic E-state index is -3.88. The lowest BCUT2D eigenvalue weighted by Gasteiger charge is -2.15. The highest BCUT2D eigenvalue weighted by atomic mass is 35.5. The average Bonchev–Trinajstić information content (AvgIpc) is 3.11. The van der Waals surface area contributed by atoms with Gasteiger partial charge in [-0.15, -0.1) is 0 Å². The zero-order chi connectivity index (χ0) is 19.2. The van der Waals surface area contributed by atoms with E-state index in [9.17, 15) is 13.2 Å². The second-order valence-corrected chi connectivity index (χ2v) is 7.71. The minimum Gasteiger partial charge on any atom is -0.495 e. The van der Waals surface area contributed by atoms with Crippen LogP contribution in [0.1, 0.15) is 13.3 Å². The van der Waals surface area contributed by atoms with Gasteiger partial charge in [-0.05, 0) is 31.5 Å². The van der Waals surface area contributed by atoms with E-state index in [1.54, 1.807) is 12.5 Å². The highest BCUT2D eigenvalue weighted by molar-refractivity contribution is 7.89. The fraction of sp³-hybridized carbons (Fsp3) is 0.375. The Kier molecular flexibility index (Phi) is 7.01. The van der Waals surface area contributed by atoms with Crippen LogP contribution in [0.25, 0.3) is 0 Å². The molecule has 0 bridgehead atoms. The summed E-state index contributed by atoms with van der Waals surface area (Å²) in [5.74, 6) is -0.0342. The molecule has 1 atom stereocenters. The Morgan fingerprint density at radius 3 is 2.81 bits per heavy atom. The lowest BCUT2D eigenvalue weighted by atomic mass is 10.3. The summed E-state index contributed by atoms with van der Waals surface area (Å²) in [6.45, 7) is 2.62. The lowest BCUT2D eigenvalue weighted by molar-refractivity contribution is -0.122. The number of sulfonamides is 1. The molecule has 0 aliphatic carbocycles. The molecule has 0 unspecified atom stereocenters. The fourth-order valence-corrected chi connectivity index (χ4v) is 3.77. The number of amides is 1. The van der Waals surface area contributed by atoms with Crippen molar-refractivity contribution >= 4 is 27.5 Å². The number of ether oxygens (including phenoxy) is 1. The number of nitrogens with one attached hydrogen (secondary N) is 2. The number of hydrogen-bond acceptors (Lipinski definition) is 5. The molecule has 2 aromatic rings. The number of imidazole rings is 1. The van der Waals surface area contributed by atoms with Gasteiger partial charge in [0.25, 0.3) is 0 Å². The summed E-state index contributed by atoms with van der Waals surface area (Å²) < 4.78 is 34.0. The van der Waals surface area contributed by atoms with Crippen molar-refractivity contribution < 1.29 is 17.9 Å². The van der Waals surface area contributed by atoms with Crippen LogP contribution in [0.5, 0.6) is 5.75 Å². The molecule has 1 aromatic heterocycles. The van der Waals surface area contributed by atoms with Crippen LogP contribution in [0.4, 0.5) is 0 Å². The topological polar surface area (TPSA) is 102 Å². The van der Waals surface area contributed by atoms with Crippen LogP contribution in [0, 0.1) is 0 Å². The number of rotatable bonds is 9. The Morgan fingerprint density at radius 2 is 2.19 bits per heavy atom. The van der Waals surface area contributed by atoms with E-state index in [-0.39, 0.29) is 9.92 Å². The summed E-state index contributed by atoms with van der Waals surface area (Å²) in [7, 11) is -2.44. The first-order chi connectivity index (χ1) is 12.3. The van der Waals surface area contributed by atoms with Crippen molar-refractivity contribution in [2.75, 3.05) is 13.7 Å². The first kappa shape index (κ1) is 20.2. The summed E-state index contributed by atoms with van der Waals surface area (Å²) in [5.41, 5.74) is 0. The first-order valence-corrected chi connectivity index (χ1v) is 9.79. The summed E-state index contributed by atoms with van der Waals surface area (Å²) in [4.78, 5) is 16.0. The van der Waals surface area contributed by atoms with Crippen LogP contribution in [0.2, 0.25) is 5.02 Å². The highest BCUT2D eigenvalue weighted by Gasteiger charge is 2.22. The third-order valence-corrected chi connectivity index (χ3v) is 5.44. The van der Waals surface area contributed by atoms with Crippen molar-refractivity contribution in [3.8, 4) is 5.75 Å². The minimum absolute atomic E-state index is 0.0388. The van der Waals surface area contributed by atoms with Gasteiger partial charge in [0.1, 0.15) is 5.75 Å². The van der Waals surface area contributed by atoms with Crippen molar-refractivity contribution in [1.82, 2.24) is 19.6 Å². The molecule has 0 aliphatic rings. The van der Waals surface area contributed by atoms with Crippen LogP contribution in [0.15, 0.2) is 41.8 Å².